The van der Waals surface area contributed by atoms with Crippen molar-refractivity contribution in [1.29, 1.82) is 0 Å². The zero-order valence-electron chi connectivity index (χ0n) is 9.93. The lowest BCUT2D eigenvalue weighted by molar-refractivity contribution is 0.0925. The average Bonchev–Trinajstić information content (AvgIpc) is 2.64. The third-order valence-corrected chi connectivity index (χ3v) is 2.97. The Bertz CT molecular complexity index is 703. The van der Waals surface area contributed by atoms with Gasteiger partial charge >= 0.3 is 0 Å². The fraction of sp³-hybridized carbons (Fsp3) is 0. The van der Waals surface area contributed by atoms with Crippen LogP contribution < -0.4 is 10.6 Å². The molecule has 0 atom stereocenters. The van der Waals surface area contributed by atoms with Crippen LogP contribution in [0.1, 0.15) is 20.7 Å². The van der Waals surface area contributed by atoms with E-state index in [9.17, 15) is 18.4 Å². The number of carbonyl (C=O) groups is 2. The molecule has 0 aliphatic carbocycles. The summed E-state index contributed by atoms with van der Waals surface area (Å²) in [5.41, 5.74) is 4.91. The molecule has 0 fully saturated rings. The third kappa shape index (κ3) is 1.56. The van der Waals surface area contributed by atoms with Crippen molar-refractivity contribution in [1.82, 2.24) is 4.98 Å². The number of aromatic nitrogens is 1. The maximum Gasteiger partial charge on any atom is 0.267 e. The number of nitrogens with zero attached hydrogens (tertiary/aromatic N) is 2. The molecule has 0 unspecified atom stereocenters. The predicted molar refractivity (Wildman–Crippen MR) is 66.1 cm³/mol. The van der Waals surface area contributed by atoms with Crippen molar-refractivity contribution in [3.05, 3.63) is 53.4 Å². The summed E-state index contributed by atoms with van der Waals surface area (Å²) in [6.07, 6.45) is 2.56. The number of halogens is 2. The van der Waals surface area contributed by atoms with Gasteiger partial charge in [-0.1, -0.05) is 0 Å². The van der Waals surface area contributed by atoms with Gasteiger partial charge in [-0.25, -0.2) is 13.7 Å². The molecule has 2 N–H and O–H groups in total. The minimum Gasteiger partial charge on any atom is -0.397 e. The largest absolute Gasteiger partial charge is 0.397 e. The van der Waals surface area contributed by atoms with Gasteiger partial charge in [-0.05, 0) is 12.1 Å². The van der Waals surface area contributed by atoms with Crippen molar-refractivity contribution in [2.45, 2.75) is 0 Å². The van der Waals surface area contributed by atoms with Crippen molar-refractivity contribution >= 4 is 23.2 Å². The van der Waals surface area contributed by atoms with Gasteiger partial charge in [0.25, 0.3) is 11.8 Å². The molecule has 2 amide bonds. The van der Waals surface area contributed by atoms with Crippen LogP contribution >= 0.6 is 0 Å². The van der Waals surface area contributed by atoms with Gasteiger partial charge in [0.1, 0.15) is 11.5 Å². The minimum atomic E-state index is -1.08. The second-order valence-electron chi connectivity index (χ2n) is 4.19. The normalized spacial score (nSPS) is 13.8. The van der Waals surface area contributed by atoms with E-state index in [4.69, 9.17) is 5.73 Å². The van der Waals surface area contributed by atoms with E-state index in [2.05, 4.69) is 4.98 Å². The van der Waals surface area contributed by atoms with Crippen molar-refractivity contribution in [2.75, 3.05) is 10.6 Å². The van der Waals surface area contributed by atoms with Crippen LogP contribution in [-0.4, -0.2) is 16.8 Å². The molecule has 1 aliphatic heterocycles. The fourth-order valence-electron chi connectivity index (χ4n) is 2.11. The number of fused-ring (bicyclic) bond motifs is 1. The Hall–Kier alpha value is -2.83. The number of nitrogen functional groups attached to an aromatic ring is 1. The van der Waals surface area contributed by atoms with E-state index in [0.29, 0.717) is 11.0 Å². The second kappa shape index (κ2) is 4.09. The van der Waals surface area contributed by atoms with Crippen LogP contribution in [-0.2, 0) is 0 Å². The summed E-state index contributed by atoms with van der Waals surface area (Å²) in [5.74, 6) is -3.42. The Labute approximate surface area is 111 Å². The summed E-state index contributed by atoms with van der Waals surface area (Å²) in [6.45, 7) is 0. The second-order valence-corrected chi connectivity index (χ2v) is 4.19. The van der Waals surface area contributed by atoms with Gasteiger partial charge in [0.15, 0.2) is 5.82 Å². The van der Waals surface area contributed by atoms with Gasteiger partial charge in [0, 0.05) is 18.5 Å². The van der Waals surface area contributed by atoms with Gasteiger partial charge in [-0.15, -0.1) is 0 Å². The predicted octanol–water partition coefficient (Wildman–Crippen LogP) is 1.74. The first-order valence-corrected chi connectivity index (χ1v) is 5.58. The maximum atomic E-state index is 13.9. The highest BCUT2D eigenvalue weighted by Crippen LogP contribution is 2.34. The number of pyridine rings is 1. The SMILES string of the molecule is Nc1cc(F)cc(F)c1N1C(=O)c2ccncc2C1=O. The van der Waals surface area contributed by atoms with E-state index in [0.717, 1.165) is 6.07 Å². The quantitative estimate of drug-likeness (QED) is 0.635. The third-order valence-electron chi connectivity index (χ3n) is 2.97. The van der Waals surface area contributed by atoms with Crippen LogP contribution in [0.4, 0.5) is 20.2 Å². The zero-order valence-corrected chi connectivity index (χ0v) is 9.93. The summed E-state index contributed by atoms with van der Waals surface area (Å²) >= 11 is 0. The molecule has 100 valence electrons. The van der Waals surface area contributed by atoms with Crippen LogP contribution in [0.5, 0.6) is 0 Å². The maximum absolute atomic E-state index is 13.9. The molecule has 5 nitrogen and oxygen atoms in total. The van der Waals surface area contributed by atoms with Crippen molar-refractivity contribution < 1.29 is 18.4 Å². The number of benzene rings is 1. The number of rotatable bonds is 1. The minimum absolute atomic E-state index is 0.0561. The van der Waals surface area contributed by atoms with Crippen LogP contribution in [0.15, 0.2) is 30.6 Å². The van der Waals surface area contributed by atoms with Gasteiger partial charge in [-0.2, -0.15) is 0 Å². The molecule has 20 heavy (non-hydrogen) atoms. The van der Waals surface area contributed by atoms with E-state index >= 15 is 0 Å². The summed E-state index contributed by atoms with van der Waals surface area (Å²) in [6, 6.07) is 2.76. The average molecular weight is 275 g/mol. The van der Waals surface area contributed by atoms with Crippen LogP contribution in [0.3, 0.4) is 0 Å². The molecule has 3 rings (SSSR count). The molecule has 0 spiro atoms. The Kier molecular flexibility index (Phi) is 2.50. The Balaban J connectivity index is 2.19. The smallest absolute Gasteiger partial charge is 0.267 e. The summed E-state index contributed by atoms with van der Waals surface area (Å²) < 4.78 is 26.9. The molecule has 1 aromatic heterocycles. The number of nitrogens with two attached hydrogens (primary N) is 1. The molecular weight excluding hydrogens is 268 g/mol. The number of hydrogen-bond acceptors (Lipinski definition) is 4. The van der Waals surface area contributed by atoms with E-state index in [1.807, 2.05) is 0 Å². The molecular formula is C13H7F2N3O2. The van der Waals surface area contributed by atoms with Crippen molar-refractivity contribution in [2.24, 2.45) is 0 Å². The van der Waals surface area contributed by atoms with Gasteiger partial charge < -0.3 is 5.73 Å². The Morgan fingerprint density at radius 3 is 2.45 bits per heavy atom. The van der Waals surface area contributed by atoms with E-state index < -0.39 is 29.1 Å². The van der Waals surface area contributed by atoms with Gasteiger partial charge in [0.05, 0.1) is 16.8 Å². The monoisotopic (exact) mass is 275 g/mol. The molecule has 7 heteroatoms. The Morgan fingerprint density at radius 1 is 1.10 bits per heavy atom. The zero-order chi connectivity index (χ0) is 14.4. The van der Waals surface area contributed by atoms with Crippen molar-refractivity contribution in [3.63, 3.8) is 0 Å². The molecule has 2 heterocycles. The molecule has 1 aromatic carbocycles. The number of anilines is 2. The summed E-state index contributed by atoms with van der Waals surface area (Å²) in [4.78, 5) is 28.6. The number of carbonyl (C=O) groups excluding carboxylic acids is 2. The van der Waals surface area contributed by atoms with Gasteiger partial charge in [0.2, 0.25) is 0 Å². The van der Waals surface area contributed by atoms with Crippen LogP contribution in [0, 0.1) is 11.6 Å². The number of hydrogen-bond donors (Lipinski definition) is 1. The van der Waals surface area contributed by atoms with E-state index in [1.54, 1.807) is 0 Å². The van der Waals surface area contributed by atoms with E-state index in [-0.39, 0.29) is 16.8 Å². The van der Waals surface area contributed by atoms with Crippen LogP contribution in [0.2, 0.25) is 0 Å². The molecule has 0 saturated heterocycles. The lowest BCUT2D eigenvalue weighted by Crippen LogP contribution is -2.31. The first-order chi connectivity index (χ1) is 9.50. The Morgan fingerprint density at radius 2 is 1.80 bits per heavy atom. The van der Waals surface area contributed by atoms with E-state index in [1.165, 1.54) is 18.5 Å². The molecule has 0 bridgehead atoms. The number of imide groups is 1. The molecule has 0 saturated carbocycles. The summed E-state index contributed by atoms with van der Waals surface area (Å²) in [7, 11) is 0. The van der Waals surface area contributed by atoms with Crippen molar-refractivity contribution in [3.8, 4) is 0 Å². The standard InChI is InChI=1S/C13H7F2N3O2/c14-6-3-9(15)11(10(16)4-6)18-12(19)7-1-2-17-5-8(7)13(18)20/h1-5H,16H2. The lowest BCUT2D eigenvalue weighted by Gasteiger charge is -2.16. The lowest BCUT2D eigenvalue weighted by atomic mass is 10.2. The number of amides is 2. The van der Waals surface area contributed by atoms with Crippen LogP contribution in [0.25, 0.3) is 0 Å². The molecule has 2 aromatic rings. The first kappa shape index (κ1) is 12.2. The molecule has 1 aliphatic rings. The molecule has 0 radical (unpaired) electrons. The van der Waals surface area contributed by atoms with Gasteiger partial charge in [-0.3, -0.25) is 14.6 Å². The summed E-state index contributed by atoms with van der Waals surface area (Å²) in [5, 5.41) is 0. The highest BCUT2D eigenvalue weighted by molar-refractivity contribution is 6.35. The topological polar surface area (TPSA) is 76.3 Å². The first-order valence-electron chi connectivity index (χ1n) is 5.58. The highest BCUT2D eigenvalue weighted by atomic mass is 19.1. The fourth-order valence-corrected chi connectivity index (χ4v) is 2.11. The highest BCUT2D eigenvalue weighted by Gasteiger charge is 2.39.